The quantitative estimate of drug-likeness (QED) is 0.119. The summed E-state index contributed by atoms with van der Waals surface area (Å²) in [5.41, 5.74) is -3.87. The van der Waals surface area contributed by atoms with Gasteiger partial charge in [0.2, 0.25) is 21.8 Å². The molecule has 4 aromatic heterocycles. The maximum absolute atomic E-state index is 15.5. The Hall–Kier alpha value is -5.91. The van der Waals surface area contributed by atoms with Crippen molar-refractivity contribution in [1.82, 2.24) is 39.4 Å². The smallest absolute Gasteiger partial charge is 0.392 e. The number of carbonyl (C=O) groups excluding carboxylic acids is 1. The predicted octanol–water partition coefficient (Wildman–Crippen LogP) is 6.74. The molecule has 2 aliphatic carbocycles. The third kappa shape index (κ3) is 7.99. The predicted molar refractivity (Wildman–Crippen MR) is 202 cm³/mol. The van der Waals surface area contributed by atoms with Gasteiger partial charge in [-0.15, -0.1) is 0 Å². The minimum Gasteiger partial charge on any atom is -0.477 e. The Morgan fingerprint density at radius 2 is 1.77 bits per heavy atom. The molecule has 8 rings (SSSR count). The zero-order valence-electron chi connectivity index (χ0n) is 31.7. The van der Waals surface area contributed by atoms with E-state index in [1.165, 1.54) is 19.2 Å². The van der Waals surface area contributed by atoms with Gasteiger partial charge >= 0.3 is 6.18 Å². The van der Waals surface area contributed by atoms with Crippen LogP contribution in [0.2, 0.25) is 5.02 Å². The van der Waals surface area contributed by atoms with Gasteiger partial charge in [-0.05, 0) is 48.2 Å². The number of carbonyl (C=O) groups is 1. The van der Waals surface area contributed by atoms with Crippen LogP contribution in [0.1, 0.15) is 59.6 Å². The number of fused-ring (bicyclic) bond motifs is 5. The lowest BCUT2D eigenvalue weighted by Crippen LogP contribution is -2.38. The van der Waals surface area contributed by atoms with Gasteiger partial charge in [0.05, 0.1) is 52.3 Å². The standard InChI is InChI=1S/C37H29ClF9N9O5S/c1-54-29-23(5-4-21(38)27(29)33(52-54)53-62(2,59)60)56-34(50-32-18(35(56)58)3-6-25(49-32)61-8-7-36(43,44)45)22(11-15-9-16(39)12-17(40)10-15)48-24(57)14-55-30-26(28(51-55)31(41)42)19-13-20(19)37(30,46)47/h3-6,9-10,12,19-20,22,31H,7-8,11,13-14H2,1-2H3,(H,48,57)(H,52,53)/t19?,20?,22-/m0/s1. The molecule has 14 nitrogen and oxygen atoms in total. The molecule has 25 heteroatoms. The van der Waals surface area contributed by atoms with Crippen molar-refractivity contribution in [2.24, 2.45) is 13.0 Å². The van der Waals surface area contributed by atoms with E-state index in [4.69, 9.17) is 16.3 Å². The molecule has 6 aromatic rings. The molecule has 62 heavy (non-hydrogen) atoms. The molecule has 0 bridgehead atoms. The monoisotopic (exact) mass is 917 g/mol. The molecule has 3 atom stereocenters. The Balaban J connectivity index is 1.32. The van der Waals surface area contributed by atoms with Crippen molar-refractivity contribution < 1.29 is 57.5 Å². The molecule has 2 unspecified atom stereocenters. The summed E-state index contributed by atoms with van der Waals surface area (Å²) in [6.07, 6.45) is -9.06. The summed E-state index contributed by atoms with van der Waals surface area (Å²) in [4.78, 5) is 37.4. The molecular formula is C37H29ClF9N9O5S. The van der Waals surface area contributed by atoms with Crippen LogP contribution in [0.3, 0.4) is 0 Å². The summed E-state index contributed by atoms with van der Waals surface area (Å²) in [7, 11) is -2.61. The number of aromatic nitrogens is 7. The molecule has 0 radical (unpaired) electrons. The van der Waals surface area contributed by atoms with Crippen LogP contribution in [0.5, 0.6) is 5.88 Å². The van der Waals surface area contributed by atoms with Crippen molar-refractivity contribution in [3.8, 4) is 11.6 Å². The van der Waals surface area contributed by atoms with Gasteiger partial charge in [-0.2, -0.15) is 37.1 Å². The van der Waals surface area contributed by atoms with Crippen molar-refractivity contribution in [2.45, 2.75) is 56.3 Å². The number of pyridine rings is 1. The van der Waals surface area contributed by atoms with E-state index in [0.717, 1.165) is 39.8 Å². The number of aryl methyl sites for hydroxylation is 1. The van der Waals surface area contributed by atoms with Gasteiger partial charge in [-0.1, -0.05) is 11.6 Å². The molecule has 1 saturated carbocycles. The number of alkyl halides is 7. The van der Waals surface area contributed by atoms with Gasteiger partial charge in [0.25, 0.3) is 17.9 Å². The molecule has 0 saturated heterocycles. The fourth-order valence-electron chi connectivity index (χ4n) is 7.80. The average Bonchev–Trinajstić information content (AvgIpc) is 3.69. The van der Waals surface area contributed by atoms with Crippen LogP contribution in [0.15, 0.2) is 47.3 Å². The van der Waals surface area contributed by atoms with E-state index in [1.54, 1.807) is 0 Å². The van der Waals surface area contributed by atoms with Crippen LogP contribution in [-0.2, 0) is 40.8 Å². The Kier molecular flexibility index (Phi) is 10.5. The van der Waals surface area contributed by atoms with Crippen LogP contribution in [0.25, 0.3) is 27.6 Å². The first kappa shape index (κ1) is 42.8. The fourth-order valence-corrected chi connectivity index (χ4v) is 8.53. The highest BCUT2D eigenvalue weighted by atomic mass is 35.5. The highest BCUT2D eigenvalue weighted by Gasteiger charge is 2.67. The number of benzene rings is 2. The highest BCUT2D eigenvalue weighted by molar-refractivity contribution is 7.92. The van der Waals surface area contributed by atoms with E-state index in [9.17, 15) is 48.7 Å². The summed E-state index contributed by atoms with van der Waals surface area (Å²) in [5, 5.41) is 10.0. The van der Waals surface area contributed by atoms with E-state index in [0.29, 0.717) is 10.7 Å². The zero-order chi connectivity index (χ0) is 44.8. The van der Waals surface area contributed by atoms with Crippen LogP contribution in [0.4, 0.5) is 45.3 Å². The lowest BCUT2D eigenvalue weighted by molar-refractivity contribution is -0.139. The molecule has 1 fully saturated rings. The van der Waals surface area contributed by atoms with Gasteiger partial charge < -0.3 is 10.1 Å². The van der Waals surface area contributed by atoms with E-state index < -0.39 is 124 Å². The number of amides is 1. The van der Waals surface area contributed by atoms with E-state index in [-0.39, 0.29) is 50.4 Å². The Morgan fingerprint density at radius 1 is 1.06 bits per heavy atom. The number of nitrogens with zero attached hydrogens (tertiary/aromatic N) is 7. The first-order valence-electron chi connectivity index (χ1n) is 18.3. The molecular weight excluding hydrogens is 889 g/mol. The number of nitrogens with one attached hydrogen (secondary N) is 2. The molecule has 4 heterocycles. The Morgan fingerprint density at radius 3 is 2.44 bits per heavy atom. The normalized spacial score (nSPS) is 17.4. The summed E-state index contributed by atoms with van der Waals surface area (Å²) in [6.45, 7) is -1.97. The summed E-state index contributed by atoms with van der Waals surface area (Å²) in [5.74, 6) is -10.2. The number of halogens is 10. The number of rotatable bonds is 13. The van der Waals surface area contributed by atoms with Gasteiger partial charge in [0.1, 0.15) is 35.4 Å². The van der Waals surface area contributed by atoms with E-state index >= 15 is 8.78 Å². The zero-order valence-corrected chi connectivity index (χ0v) is 33.3. The number of ether oxygens (including phenoxy) is 1. The topological polar surface area (TPSA) is 168 Å². The molecule has 2 N–H and O–H groups in total. The first-order chi connectivity index (χ1) is 29.0. The van der Waals surface area contributed by atoms with Crippen molar-refractivity contribution >= 4 is 55.3 Å². The molecule has 1 amide bonds. The molecule has 2 aromatic carbocycles. The van der Waals surface area contributed by atoms with E-state index in [1.807, 2.05) is 0 Å². The number of hydrogen-bond acceptors (Lipinski definition) is 9. The van der Waals surface area contributed by atoms with Crippen LogP contribution in [-0.4, -0.2) is 67.5 Å². The van der Waals surface area contributed by atoms with Crippen molar-refractivity contribution in [3.05, 3.63) is 97.8 Å². The van der Waals surface area contributed by atoms with Crippen LogP contribution in [0, 0.1) is 17.6 Å². The summed E-state index contributed by atoms with van der Waals surface area (Å²) < 4.78 is 162. The number of hydrogen-bond donors (Lipinski definition) is 2. The average molecular weight is 918 g/mol. The first-order valence-corrected chi connectivity index (χ1v) is 20.6. The minimum absolute atomic E-state index is 0.0116. The third-order valence-corrected chi connectivity index (χ3v) is 11.2. The molecule has 0 aliphatic heterocycles. The fraction of sp³-hybridized carbons (Fsp3) is 0.351. The Labute approximate surface area is 347 Å². The highest BCUT2D eigenvalue weighted by Crippen LogP contribution is 2.68. The lowest BCUT2D eigenvalue weighted by atomic mass is 10.0. The Bertz CT molecular complexity index is 2970. The molecule has 2 aliphatic rings. The van der Waals surface area contributed by atoms with Gasteiger partial charge in [-0.25, -0.2) is 31.0 Å². The van der Waals surface area contributed by atoms with Crippen LogP contribution < -0.4 is 20.3 Å². The SMILES string of the molecule is Cn1nc(NS(C)(=O)=O)c2c(Cl)ccc(-n3c([C@H](Cc4cc(F)cc(F)c4)NC(=O)Cn4nc(C(F)F)c5c4C(F)(F)C4CC54)nc4nc(OCCC(F)(F)F)ccc4c3=O)c21. The van der Waals surface area contributed by atoms with Gasteiger partial charge in [-0.3, -0.25) is 28.2 Å². The van der Waals surface area contributed by atoms with Crippen LogP contribution >= 0.6 is 11.6 Å². The second kappa shape index (κ2) is 15.2. The second-order valence-corrected chi connectivity index (χ2v) is 16.9. The largest absolute Gasteiger partial charge is 0.477 e. The molecule has 0 spiro atoms. The third-order valence-electron chi connectivity index (χ3n) is 10.3. The summed E-state index contributed by atoms with van der Waals surface area (Å²) in [6, 6.07) is 5.39. The van der Waals surface area contributed by atoms with Gasteiger partial charge in [0, 0.05) is 37.1 Å². The lowest BCUT2D eigenvalue weighted by Gasteiger charge is -2.24. The molecule has 328 valence electrons. The number of sulfonamides is 1. The van der Waals surface area contributed by atoms with Gasteiger partial charge in [0.15, 0.2) is 11.5 Å². The summed E-state index contributed by atoms with van der Waals surface area (Å²) >= 11 is 6.54. The van der Waals surface area contributed by atoms with Crippen molar-refractivity contribution in [3.63, 3.8) is 0 Å². The second-order valence-electron chi connectivity index (χ2n) is 14.8. The van der Waals surface area contributed by atoms with Crippen molar-refractivity contribution in [2.75, 3.05) is 17.6 Å². The number of anilines is 1. The maximum atomic E-state index is 15.5. The maximum Gasteiger partial charge on any atom is 0.392 e. The van der Waals surface area contributed by atoms with E-state index in [2.05, 4.69) is 30.2 Å². The minimum atomic E-state index is -4.60. The van der Waals surface area contributed by atoms with Crippen molar-refractivity contribution in [1.29, 1.82) is 0 Å².